The van der Waals surface area contributed by atoms with Gasteiger partial charge in [0.1, 0.15) is 5.82 Å². The summed E-state index contributed by atoms with van der Waals surface area (Å²) in [7, 11) is 0. The minimum Gasteiger partial charge on any atom is -0.326 e. The van der Waals surface area contributed by atoms with E-state index in [9.17, 15) is 4.39 Å². The van der Waals surface area contributed by atoms with Crippen LogP contribution in [-0.2, 0) is 13.0 Å². The van der Waals surface area contributed by atoms with Crippen LogP contribution in [0.5, 0.6) is 0 Å². The van der Waals surface area contributed by atoms with Gasteiger partial charge < -0.3 is 5.73 Å². The Labute approximate surface area is 193 Å². The highest BCUT2D eigenvalue weighted by atomic mass is 35.5. The van der Waals surface area contributed by atoms with E-state index in [4.69, 9.17) is 33.9 Å². The maximum atomic E-state index is 13.3. The van der Waals surface area contributed by atoms with Crippen LogP contribution in [0.15, 0.2) is 48.5 Å². The van der Waals surface area contributed by atoms with E-state index >= 15 is 0 Å². The molecule has 29 heavy (non-hydrogen) atoms. The average Bonchev–Trinajstić information content (AvgIpc) is 2.61. The zero-order valence-corrected chi connectivity index (χ0v) is 19.2. The van der Waals surface area contributed by atoms with Crippen molar-refractivity contribution in [2.75, 3.05) is 0 Å². The normalized spacial score (nSPS) is 10.4. The van der Waals surface area contributed by atoms with Crippen LogP contribution in [0.25, 0.3) is 22.4 Å². The molecule has 2 nitrogen and oxygen atoms in total. The van der Waals surface area contributed by atoms with E-state index in [1.807, 2.05) is 18.2 Å². The molecule has 0 atom stereocenters. The summed E-state index contributed by atoms with van der Waals surface area (Å²) >= 11 is 12.5. The van der Waals surface area contributed by atoms with Crippen LogP contribution >= 0.6 is 48.0 Å². The number of nitrogens with two attached hydrogens (primary N) is 1. The smallest absolute Gasteiger partial charge is 0.123 e. The quantitative estimate of drug-likeness (QED) is 0.418. The second-order valence-electron chi connectivity index (χ2n) is 6.91. The number of hydrogen-bond acceptors (Lipinski definition) is 2. The van der Waals surface area contributed by atoms with E-state index in [0.717, 1.165) is 40.1 Å². The van der Waals surface area contributed by atoms with Gasteiger partial charge in [0.25, 0.3) is 0 Å². The molecular formula is C22H23Cl4FN2. The van der Waals surface area contributed by atoms with Gasteiger partial charge in [0.15, 0.2) is 0 Å². The molecule has 1 aromatic heterocycles. The third-order valence-corrected chi connectivity index (χ3v) is 4.92. The van der Waals surface area contributed by atoms with Gasteiger partial charge in [0.05, 0.1) is 5.69 Å². The Bertz CT molecular complexity index is 960. The predicted molar refractivity (Wildman–Crippen MR) is 126 cm³/mol. The van der Waals surface area contributed by atoms with Gasteiger partial charge in [-0.05, 0) is 65.9 Å². The molecular weight excluding hydrogens is 453 g/mol. The molecule has 0 fully saturated rings. The van der Waals surface area contributed by atoms with Gasteiger partial charge in [-0.3, -0.25) is 4.98 Å². The van der Waals surface area contributed by atoms with Gasteiger partial charge in [0, 0.05) is 33.4 Å². The van der Waals surface area contributed by atoms with Crippen molar-refractivity contribution < 1.29 is 4.39 Å². The molecule has 0 unspecified atom stereocenters. The molecule has 0 bridgehead atoms. The summed E-state index contributed by atoms with van der Waals surface area (Å²) in [6, 6.07) is 13.7. The van der Waals surface area contributed by atoms with Crippen molar-refractivity contribution >= 4 is 48.0 Å². The first kappa shape index (κ1) is 25.7. The van der Waals surface area contributed by atoms with Crippen LogP contribution in [0.1, 0.15) is 25.1 Å². The van der Waals surface area contributed by atoms with Crippen LogP contribution in [0.3, 0.4) is 0 Å². The van der Waals surface area contributed by atoms with Crippen molar-refractivity contribution in [1.82, 2.24) is 4.98 Å². The SMILES string of the molecule is CC(C)Cc1nc(-c2ccc(F)cc2)cc(-c2ccc(Cl)cc2Cl)c1CN.Cl.Cl. The predicted octanol–water partition coefficient (Wildman–Crippen LogP) is 7.36. The molecule has 7 heteroatoms. The maximum Gasteiger partial charge on any atom is 0.123 e. The zero-order valence-electron chi connectivity index (χ0n) is 16.1. The third kappa shape index (κ3) is 6.07. The molecule has 0 aliphatic rings. The second kappa shape index (κ2) is 11.1. The monoisotopic (exact) mass is 474 g/mol. The fourth-order valence-electron chi connectivity index (χ4n) is 3.12. The largest absolute Gasteiger partial charge is 0.326 e. The number of aromatic nitrogens is 1. The molecule has 0 saturated carbocycles. The van der Waals surface area contributed by atoms with Crippen molar-refractivity contribution in [1.29, 1.82) is 0 Å². The molecule has 2 N–H and O–H groups in total. The first-order valence-corrected chi connectivity index (χ1v) is 9.59. The van der Waals surface area contributed by atoms with Crippen molar-refractivity contribution in [3.05, 3.63) is 75.7 Å². The molecule has 0 amide bonds. The molecule has 0 spiro atoms. The van der Waals surface area contributed by atoms with Crippen LogP contribution in [0.4, 0.5) is 4.39 Å². The summed E-state index contributed by atoms with van der Waals surface area (Å²) in [5, 5.41) is 1.14. The van der Waals surface area contributed by atoms with Gasteiger partial charge in [-0.1, -0.05) is 43.1 Å². The number of benzene rings is 2. The van der Waals surface area contributed by atoms with E-state index in [0.29, 0.717) is 22.5 Å². The Morgan fingerprint density at radius 1 is 0.966 bits per heavy atom. The summed E-state index contributed by atoms with van der Waals surface area (Å²) < 4.78 is 13.3. The second-order valence-corrected chi connectivity index (χ2v) is 7.76. The minimum atomic E-state index is -0.277. The number of halogens is 5. The Balaban J connectivity index is 0.00000210. The molecule has 0 saturated heterocycles. The molecule has 0 aliphatic heterocycles. The van der Waals surface area contributed by atoms with E-state index in [-0.39, 0.29) is 30.6 Å². The van der Waals surface area contributed by atoms with Gasteiger partial charge >= 0.3 is 0 Å². The van der Waals surface area contributed by atoms with E-state index in [1.165, 1.54) is 12.1 Å². The van der Waals surface area contributed by atoms with Crippen molar-refractivity contribution in [2.24, 2.45) is 11.7 Å². The van der Waals surface area contributed by atoms with Gasteiger partial charge in [-0.2, -0.15) is 0 Å². The van der Waals surface area contributed by atoms with Crippen LogP contribution in [-0.4, -0.2) is 4.98 Å². The number of nitrogens with zero attached hydrogens (tertiary/aromatic N) is 1. The lowest BCUT2D eigenvalue weighted by Crippen LogP contribution is -2.10. The summed E-state index contributed by atoms with van der Waals surface area (Å²) in [4.78, 5) is 4.85. The first-order valence-electron chi connectivity index (χ1n) is 8.83. The standard InChI is InChI=1S/C22H21Cl2FN2.2ClH/c1-13(2)9-22-19(12-26)18(17-8-5-15(23)10-20(17)24)11-21(27-22)14-3-6-16(25)7-4-14;;/h3-8,10-11,13H,9,12,26H2,1-2H3;2*1H. The summed E-state index contributed by atoms with van der Waals surface area (Å²) in [6.45, 7) is 4.63. The first-order chi connectivity index (χ1) is 12.9. The lowest BCUT2D eigenvalue weighted by atomic mass is 9.93. The highest BCUT2D eigenvalue weighted by Crippen LogP contribution is 2.36. The molecule has 1 heterocycles. The van der Waals surface area contributed by atoms with E-state index in [2.05, 4.69) is 13.8 Å². The van der Waals surface area contributed by atoms with E-state index in [1.54, 1.807) is 18.2 Å². The number of hydrogen-bond donors (Lipinski definition) is 1. The van der Waals surface area contributed by atoms with Crippen LogP contribution in [0, 0.1) is 11.7 Å². The highest BCUT2D eigenvalue weighted by molar-refractivity contribution is 6.36. The van der Waals surface area contributed by atoms with Gasteiger partial charge in [0.2, 0.25) is 0 Å². The van der Waals surface area contributed by atoms with Crippen LogP contribution in [0.2, 0.25) is 10.0 Å². The summed E-state index contributed by atoms with van der Waals surface area (Å²) in [5.41, 5.74) is 11.4. The fraction of sp³-hybridized carbons (Fsp3) is 0.227. The molecule has 0 radical (unpaired) electrons. The molecule has 0 aliphatic carbocycles. The van der Waals surface area contributed by atoms with Crippen LogP contribution < -0.4 is 5.73 Å². The highest BCUT2D eigenvalue weighted by Gasteiger charge is 2.17. The molecule has 3 rings (SSSR count). The topological polar surface area (TPSA) is 38.9 Å². The lowest BCUT2D eigenvalue weighted by molar-refractivity contribution is 0.627. The van der Waals surface area contributed by atoms with Crippen molar-refractivity contribution in [3.63, 3.8) is 0 Å². The summed E-state index contributed by atoms with van der Waals surface area (Å²) in [6.07, 6.45) is 0.791. The Hall–Kier alpha value is -1.36. The lowest BCUT2D eigenvalue weighted by Gasteiger charge is -2.18. The Morgan fingerprint density at radius 2 is 1.62 bits per heavy atom. The van der Waals surface area contributed by atoms with Gasteiger partial charge in [-0.15, -0.1) is 24.8 Å². The Morgan fingerprint density at radius 3 is 2.17 bits per heavy atom. The maximum absolute atomic E-state index is 13.3. The van der Waals surface area contributed by atoms with Crippen molar-refractivity contribution in [2.45, 2.75) is 26.8 Å². The summed E-state index contributed by atoms with van der Waals surface area (Å²) in [5.74, 6) is 0.139. The number of pyridine rings is 1. The van der Waals surface area contributed by atoms with E-state index < -0.39 is 0 Å². The van der Waals surface area contributed by atoms with Gasteiger partial charge in [-0.25, -0.2) is 4.39 Å². The molecule has 156 valence electrons. The molecule has 3 aromatic rings. The van der Waals surface area contributed by atoms with Crippen molar-refractivity contribution in [3.8, 4) is 22.4 Å². The number of rotatable bonds is 5. The Kier molecular flexibility index (Phi) is 9.87. The minimum absolute atomic E-state index is 0. The molecule has 2 aromatic carbocycles. The third-order valence-electron chi connectivity index (χ3n) is 4.38. The average molecular weight is 476 g/mol. The zero-order chi connectivity index (χ0) is 19.6. The fourth-order valence-corrected chi connectivity index (χ4v) is 3.63.